The third-order valence-corrected chi connectivity index (χ3v) is 4.85. The van der Waals surface area contributed by atoms with Crippen LogP contribution in [-0.4, -0.2) is 51.6 Å². The van der Waals surface area contributed by atoms with Gasteiger partial charge in [-0.2, -0.15) is 12.8 Å². The number of nitrogens with zero attached hydrogens (tertiary/aromatic N) is 2. The maximum absolute atomic E-state index is 12.9. The molecule has 0 heterocycles. The molecule has 2 unspecified atom stereocenters. The van der Waals surface area contributed by atoms with Crippen LogP contribution in [0.2, 0.25) is 0 Å². The molecule has 7 nitrogen and oxygen atoms in total. The highest BCUT2D eigenvalue weighted by Crippen LogP contribution is 2.52. The maximum Gasteiger partial charge on any atom is 0.311 e. The van der Waals surface area contributed by atoms with Gasteiger partial charge in [-0.15, -0.1) is 0 Å². The van der Waals surface area contributed by atoms with Crippen LogP contribution in [0.5, 0.6) is 5.75 Å². The van der Waals surface area contributed by atoms with Crippen LogP contribution in [0, 0.1) is 0 Å². The number of rotatable bonds is 4. The molecule has 1 aliphatic rings. The molecular weight excluding hydrogens is 338 g/mol. The van der Waals surface area contributed by atoms with Crippen LogP contribution >= 0.6 is 12.2 Å². The molecule has 1 fully saturated rings. The van der Waals surface area contributed by atoms with Crippen molar-refractivity contribution < 1.29 is 17.9 Å². The van der Waals surface area contributed by atoms with E-state index in [2.05, 4.69) is 9.68 Å². The minimum Gasteiger partial charge on any atom is -0.497 e. The van der Waals surface area contributed by atoms with Crippen molar-refractivity contribution in [2.75, 3.05) is 21.2 Å². The number of amides is 1. The van der Waals surface area contributed by atoms with Gasteiger partial charge in [-0.1, -0.05) is 12.1 Å². The molecule has 0 spiro atoms. The fraction of sp³-hybridized carbons (Fsp3) is 0.429. The minimum atomic E-state index is -2.57. The Hall–Kier alpha value is -2.00. The summed E-state index contributed by atoms with van der Waals surface area (Å²) in [6, 6.07) is 6.32. The smallest absolute Gasteiger partial charge is 0.311 e. The van der Waals surface area contributed by atoms with E-state index in [-0.39, 0.29) is 11.0 Å². The van der Waals surface area contributed by atoms with Gasteiger partial charge in [0.15, 0.2) is 5.11 Å². The predicted octanol–water partition coefficient (Wildman–Crippen LogP) is 0.731. The summed E-state index contributed by atoms with van der Waals surface area (Å²) in [5, 5.41) is 3.00. The van der Waals surface area contributed by atoms with E-state index in [4.69, 9.17) is 17.0 Å². The molecule has 1 N–H and O–H groups in total. The largest absolute Gasteiger partial charge is 0.497 e. The average Bonchev–Trinajstić information content (AvgIpc) is 3.26. The Morgan fingerprint density at radius 2 is 2.04 bits per heavy atom. The van der Waals surface area contributed by atoms with E-state index in [0.29, 0.717) is 17.7 Å². The number of carbonyl (C=O) groups excluding carboxylic acids is 1. The second-order valence-electron chi connectivity index (χ2n) is 5.16. The first-order valence-corrected chi connectivity index (χ1v) is 8.25. The van der Waals surface area contributed by atoms with Gasteiger partial charge in [-0.3, -0.25) is 9.69 Å². The van der Waals surface area contributed by atoms with Crippen LogP contribution in [0.3, 0.4) is 0 Å². The molecule has 23 heavy (non-hydrogen) atoms. The fourth-order valence-corrected chi connectivity index (χ4v) is 3.13. The van der Waals surface area contributed by atoms with Crippen molar-refractivity contribution in [2.45, 2.75) is 17.9 Å². The molecule has 0 saturated heterocycles. The second kappa shape index (κ2) is 6.63. The molecular formula is C14H17N3O4S2. The first kappa shape index (κ1) is 17.4. The van der Waals surface area contributed by atoms with Crippen molar-refractivity contribution in [1.82, 2.24) is 10.2 Å². The summed E-state index contributed by atoms with van der Waals surface area (Å²) in [5.41, 5.74) is -0.324. The van der Waals surface area contributed by atoms with Crippen molar-refractivity contribution >= 4 is 33.7 Å². The Kier molecular flexibility index (Phi) is 5.00. The lowest BCUT2D eigenvalue weighted by molar-refractivity contribution is -0.129. The van der Waals surface area contributed by atoms with Crippen LogP contribution in [0.25, 0.3) is 0 Å². The summed E-state index contributed by atoms with van der Waals surface area (Å²) in [7, 11) is 2.15. The van der Waals surface area contributed by atoms with Gasteiger partial charge in [0.2, 0.25) is 5.91 Å². The van der Waals surface area contributed by atoms with Crippen LogP contribution in [0.4, 0.5) is 0 Å². The molecule has 1 amide bonds. The Morgan fingerprint density at radius 1 is 1.43 bits per heavy atom. The van der Waals surface area contributed by atoms with Crippen molar-refractivity contribution in [3.8, 4) is 5.75 Å². The van der Waals surface area contributed by atoms with Crippen molar-refractivity contribution in [3.63, 3.8) is 0 Å². The normalized spacial score (nSPS) is 22.0. The number of hydrogen-bond donors (Lipinski definition) is 1. The molecule has 2 rings (SSSR count). The van der Waals surface area contributed by atoms with E-state index in [1.807, 2.05) is 0 Å². The lowest BCUT2D eigenvalue weighted by Crippen LogP contribution is -2.45. The van der Waals surface area contributed by atoms with E-state index in [0.717, 1.165) is 0 Å². The molecule has 9 heteroatoms. The zero-order valence-corrected chi connectivity index (χ0v) is 14.6. The van der Waals surface area contributed by atoms with Gasteiger partial charge in [0.1, 0.15) is 11.2 Å². The summed E-state index contributed by atoms with van der Waals surface area (Å²) in [4.78, 5) is 14.2. The number of ether oxygens (including phenoxy) is 1. The SMILES string of the molecule is CNC(=S)N(C)C(=O)C1(c2ccc(OC)cc2)CC1N=S(=O)=O. The van der Waals surface area contributed by atoms with E-state index in [1.165, 1.54) is 4.90 Å². The molecule has 124 valence electrons. The molecule has 1 aliphatic carbocycles. The number of hydrogen-bond acceptors (Lipinski definition) is 6. The summed E-state index contributed by atoms with van der Waals surface area (Å²) in [6.45, 7) is 0. The zero-order valence-electron chi connectivity index (χ0n) is 12.9. The quantitative estimate of drug-likeness (QED) is 0.801. The van der Waals surface area contributed by atoms with Gasteiger partial charge in [-0.25, -0.2) is 0 Å². The van der Waals surface area contributed by atoms with E-state index in [1.54, 1.807) is 45.5 Å². The molecule has 1 saturated carbocycles. The van der Waals surface area contributed by atoms with E-state index in [9.17, 15) is 13.2 Å². The molecule has 0 aromatic heterocycles. The number of likely N-dealkylation sites (N-methyl/N-ethyl adjacent to an activating group) is 1. The summed E-state index contributed by atoms with van der Waals surface area (Å²) in [6.07, 6.45) is 0.322. The average molecular weight is 355 g/mol. The Balaban J connectivity index is 2.44. The van der Waals surface area contributed by atoms with Crippen molar-refractivity contribution in [1.29, 1.82) is 0 Å². The first-order valence-electron chi connectivity index (χ1n) is 6.81. The van der Waals surface area contributed by atoms with Crippen LogP contribution in [0.1, 0.15) is 12.0 Å². The highest BCUT2D eigenvalue weighted by Gasteiger charge is 2.63. The molecule has 0 radical (unpaired) electrons. The van der Waals surface area contributed by atoms with Gasteiger partial charge in [0.25, 0.3) is 0 Å². The standard InChI is InChI=1S/C14H17N3O4S2/c1-15-13(22)17(2)12(18)14(8-11(14)16-23(19)20)9-4-6-10(21-3)7-5-9/h4-7,11H,8H2,1-3H3,(H,15,22). The highest BCUT2D eigenvalue weighted by atomic mass is 32.2. The van der Waals surface area contributed by atoms with Gasteiger partial charge >= 0.3 is 10.5 Å². The molecule has 0 bridgehead atoms. The number of methoxy groups -OCH3 is 1. The third kappa shape index (κ3) is 3.20. The predicted molar refractivity (Wildman–Crippen MR) is 88.9 cm³/mol. The number of carbonyl (C=O) groups is 1. The van der Waals surface area contributed by atoms with Gasteiger partial charge in [-0.05, 0) is 36.3 Å². The Labute approximate surface area is 141 Å². The Morgan fingerprint density at radius 3 is 2.52 bits per heavy atom. The Bertz CT molecular complexity index is 753. The van der Waals surface area contributed by atoms with Gasteiger partial charge in [0, 0.05) is 14.1 Å². The lowest BCUT2D eigenvalue weighted by Gasteiger charge is -2.24. The van der Waals surface area contributed by atoms with Crippen LogP contribution in [0.15, 0.2) is 28.6 Å². The second-order valence-corrected chi connectivity index (χ2v) is 6.19. The van der Waals surface area contributed by atoms with Crippen LogP contribution < -0.4 is 10.1 Å². The number of benzene rings is 1. The van der Waals surface area contributed by atoms with Gasteiger partial charge < -0.3 is 10.1 Å². The van der Waals surface area contributed by atoms with E-state index < -0.39 is 22.0 Å². The topological polar surface area (TPSA) is 88.1 Å². The molecule has 2 atom stereocenters. The third-order valence-electron chi connectivity index (χ3n) is 3.95. The number of nitrogens with one attached hydrogen (secondary N) is 1. The summed E-state index contributed by atoms with van der Waals surface area (Å²) < 4.78 is 30.5. The maximum atomic E-state index is 12.9. The van der Waals surface area contributed by atoms with Crippen LogP contribution in [-0.2, 0) is 20.7 Å². The minimum absolute atomic E-state index is 0.261. The molecule has 1 aromatic rings. The van der Waals surface area contributed by atoms with Crippen molar-refractivity contribution in [2.24, 2.45) is 4.36 Å². The highest BCUT2D eigenvalue weighted by molar-refractivity contribution is 7.80. The fourth-order valence-electron chi connectivity index (χ4n) is 2.59. The summed E-state index contributed by atoms with van der Waals surface area (Å²) >= 11 is 5.09. The zero-order chi connectivity index (χ0) is 17.2. The van der Waals surface area contributed by atoms with E-state index >= 15 is 0 Å². The summed E-state index contributed by atoms with van der Waals surface area (Å²) in [5.74, 6) is 0.359. The number of thiocarbonyl (C=S) groups is 1. The molecule has 0 aliphatic heterocycles. The van der Waals surface area contributed by atoms with Crippen molar-refractivity contribution in [3.05, 3.63) is 29.8 Å². The lowest BCUT2D eigenvalue weighted by atomic mass is 9.93. The monoisotopic (exact) mass is 355 g/mol. The first-order chi connectivity index (χ1) is 10.9. The molecule has 1 aromatic carbocycles. The van der Waals surface area contributed by atoms with Gasteiger partial charge in [0.05, 0.1) is 13.2 Å².